The minimum Gasteiger partial charge on any atom is -0.496 e. The van der Waals surface area contributed by atoms with E-state index in [1.807, 2.05) is 6.07 Å². The Morgan fingerprint density at radius 2 is 2.19 bits per heavy atom. The molecule has 1 aromatic rings. The van der Waals surface area contributed by atoms with Gasteiger partial charge in [-0.25, -0.2) is 0 Å². The summed E-state index contributed by atoms with van der Waals surface area (Å²) < 4.78 is 5.41. The number of likely N-dealkylation sites (N-methyl/N-ethyl adjacent to an activating group) is 1. The number of para-hydroxylation sites is 1. The first-order chi connectivity index (χ1) is 7.85. The van der Waals surface area contributed by atoms with Gasteiger partial charge in [-0.1, -0.05) is 25.1 Å². The summed E-state index contributed by atoms with van der Waals surface area (Å²) in [4.78, 5) is 2.58. The van der Waals surface area contributed by atoms with Crippen molar-refractivity contribution in [1.29, 1.82) is 0 Å². The Labute approximate surface area is 98.2 Å². The van der Waals surface area contributed by atoms with Crippen molar-refractivity contribution in [2.75, 3.05) is 20.2 Å². The van der Waals surface area contributed by atoms with E-state index in [0.717, 1.165) is 12.2 Å². The minimum absolute atomic E-state index is 0.710. The Bertz CT molecular complexity index is 337. The summed E-state index contributed by atoms with van der Waals surface area (Å²) in [6.07, 6.45) is 3.79. The summed E-state index contributed by atoms with van der Waals surface area (Å²) in [5.41, 5.74) is 1.34. The molecule has 1 heterocycles. The smallest absolute Gasteiger partial charge is 0.122 e. The maximum Gasteiger partial charge on any atom is 0.122 e. The van der Waals surface area contributed by atoms with E-state index in [0.29, 0.717) is 6.04 Å². The molecule has 16 heavy (non-hydrogen) atoms. The maximum absolute atomic E-state index is 5.41. The predicted molar refractivity (Wildman–Crippen MR) is 67.0 cm³/mol. The van der Waals surface area contributed by atoms with Gasteiger partial charge in [0.15, 0.2) is 0 Å². The summed E-state index contributed by atoms with van der Waals surface area (Å²) in [5, 5.41) is 0. The third-order valence-corrected chi connectivity index (χ3v) is 3.55. The van der Waals surface area contributed by atoms with Crippen molar-refractivity contribution in [2.24, 2.45) is 0 Å². The van der Waals surface area contributed by atoms with Crippen molar-refractivity contribution in [1.82, 2.24) is 4.90 Å². The van der Waals surface area contributed by atoms with Gasteiger partial charge in [0.1, 0.15) is 5.75 Å². The predicted octanol–water partition coefficient (Wildman–Crippen LogP) is 2.72. The highest BCUT2D eigenvalue weighted by atomic mass is 16.5. The molecule has 0 aromatic heterocycles. The molecule has 88 valence electrons. The van der Waals surface area contributed by atoms with E-state index in [4.69, 9.17) is 4.74 Å². The summed E-state index contributed by atoms with van der Waals surface area (Å²) in [5.74, 6) is 1.03. The van der Waals surface area contributed by atoms with Crippen molar-refractivity contribution >= 4 is 0 Å². The van der Waals surface area contributed by atoms with Crippen LogP contribution in [0.4, 0.5) is 0 Å². The molecule has 0 radical (unpaired) electrons. The van der Waals surface area contributed by atoms with Gasteiger partial charge in [0.2, 0.25) is 0 Å². The third kappa shape index (κ3) is 2.38. The molecule has 0 N–H and O–H groups in total. The van der Waals surface area contributed by atoms with Crippen LogP contribution in [0.25, 0.3) is 0 Å². The molecule has 0 saturated carbocycles. The zero-order valence-electron chi connectivity index (χ0n) is 10.3. The lowest BCUT2D eigenvalue weighted by Crippen LogP contribution is -2.30. The molecule has 0 amide bonds. The van der Waals surface area contributed by atoms with E-state index in [1.165, 1.54) is 31.5 Å². The van der Waals surface area contributed by atoms with Crippen LogP contribution in [0.15, 0.2) is 24.3 Å². The molecule has 2 rings (SSSR count). The molecule has 1 atom stereocenters. The van der Waals surface area contributed by atoms with Gasteiger partial charge in [-0.3, -0.25) is 0 Å². The highest BCUT2D eigenvalue weighted by Gasteiger charge is 2.23. The number of hydrogen-bond donors (Lipinski definition) is 0. The Hall–Kier alpha value is -1.02. The number of hydrogen-bond acceptors (Lipinski definition) is 2. The standard InChI is InChI=1S/C14H21NO/c1-3-15-10-6-8-13(15)11-12-7-4-5-9-14(12)16-2/h4-5,7,9,13H,3,6,8,10-11H2,1-2H3. The number of methoxy groups -OCH3 is 1. The van der Waals surface area contributed by atoms with Gasteiger partial charge >= 0.3 is 0 Å². The molecule has 1 aliphatic heterocycles. The van der Waals surface area contributed by atoms with Crippen LogP contribution >= 0.6 is 0 Å². The van der Waals surface area contributed by atoms with Crippen LogP contribution in [0.2, 0.25) is 0 Å². The fourth-order valence-corrected chi connectivity index (χ4v) is 2.67. The summed E-state index contributed by atoms with van der Waals surface area (Å²) in [6, 6.07) is 9.09. The Morgan fingerprint density at radius 1 is 1.38 bits per heavy atom. The molecule has 2 heteroatoms. The largest absolute Gasteiger partial charge is 0.496 e. The van der Waals surface area contributed by atoms with Crippen LogP contribution in [0.1, 0.15) is 25.3 Å². The maximum atomic E-state index is 5.41. The van der Waals surface area contributed by atoms with Crippen LogP contribution in [0.5, 0.6) is 5.75 Å². The topological polar surface area (TPSA) is 12.5 Å². The summed E-state index contributed by atoms with van der Waals surface area (Å²) >= 11 is 0. The van der Waals surface area contributed by atoms with E-state index < -0.39 is 0 Å². The Morgan fingerprint density at radius 3 is 2.94 bits per heavy atom. The van der Waals surface area contributed by atoms with Gasteiger partial charge in [-0.05, 0) is 44.0 Å². The van der Waals surface area contributed by atoms with Gasteiger partial charge in [0, 0.05) is 6.04 Å². The average molecular weight is 219 g/mol. The normalized spacial score (nSPS) is 21.2. The summed E-state index contributed by atoms with van der Waals surface area (Å²) in [7, 11) is 1.76. The fourth-order valence-electron chi connectivity index (χ4n) is 2.67. The second-order valence-electron chi connectivity index (χ2n) is 4.44. The number of nitrogens with zero attached hydrogens (tertiary/aromatic N) is 1. The SMILES string of the molecule is CCN1CCCC1Cc1ccccc1OC. The number of benzene rings is 1. The lowest BCUT2D eigenvalue weighted by molar-refractivity contribution is 0.264. The van der Waals surface area contributed by atoms with E-state index >= 15 is 0 Å². The van der Waals surface area contributed by atoms with Crippen LogP contribution in [0.3, 0.4) is 0 Å². The first-order valence-corrected chi connectivity index (χ1v) is 6.21. The minimum atomic E-state index is 0.710. The lowest BCUT2D eigenvalue weighted by Gasteiger charge is -2.23. The third-order valence-electron chi connectivity index (χ3n) is 3.55. The summed E-state index contributed by atoms with van der Waals surface area (Å²) in [6.45, 7) is 4.68. The molecule has 0 aliphatic carbocycles. The molecular weight excluding hydrogens is 198 g/mol. The number of ether oxygens (including phenoxy) is 1. The number of rotatable bonds is 4. The van der Waals surface area contributed by atoms with Gasteiger partial charge in [0.25, 0.3) is 0 Å². The van der Waals surface area contributed by atoms with Crippen LogP contribution in [-0.4, -0.2) is 31.1 Å². The first kappa shape index (κ1) is 11.5. The second-order valence-corrected chi connectivity index (χ2v) is 4.44. The molecule has 0 bridgehead atoms. The van der Waals surface area contributed by atoms with Gasteiger partial charge < -0.3 is 9.64 Å². The molecule has 1 saturated heterocycles. The van der Waals surface area contributed by atoms with E-state index in [-0.39, 0.29) is 0 Å². The van der Waals surface area contributed by atoms with Crippen LogP contribution < -0.4 is 4.74 Å². The second kappa shape index (κ2) is 5.35. The van der Waals surface area contributed by atoms with Gasteiger partial charge in [0.05, 0.1) is 7.11 Å². The zero-order valence-corrected chi connectivity index (χ0v) is 10.3. The number of likely N-dealkylation sites (tertiary alicyclic amines) is 1. The van der Waals surface area contributed by atoms with Gasteiger partial charge in [-0.15, -0.1) is 0 Å². The molecule has 1 fully saturated rings. The van der Waals surface area contributed by atoms with Crippen molar-refractivity contribution in [3.63, 3.8) is 0 Å². The molecule has 1 aromatic carbocycles. The first-order valence-electron chi connectivity index (χ1n) is 6.21. The van der Waals surface area contributed by atoms with Crippen LogP contribution in [0, 0.1) is 0 Å². The molecule has 2 nitrogen and oxygen atoms in total. The average Bonchev–Trinajstić information content (AvgIpc) is 2.77. The Balaban J connectivity index is 2.08. The van der Waals surface area contributed by atoms with Crippen molar-refractivity contribution in [3.05, 3.63) is 29.8 Å². The molecular formula is C14H21NO. The van der Waals surface area contributed by atoms with Crippen molar-refractivity contribution in [2.45, 2.75) is 32.2 Å². The van der Waals surface area contributed by atoms with E-state index in [2.05, 4.69) is 30.0 Å². The van der Waals surface area contributed by atoms with Crippen molar-refractivity contribution < 1.29 is 4.74 Å². The molecule has 0 spiro atoms. The monoisotopic (exact) mass is 219 g/mol. The molecule has 1 unspecified atom stereocenters. The van der Waals surface area contributed by atoms with Crippen molar-refractivity contribution in [3.8, 4) is 5.75 Å². The van der Waals surface area contributed by atoms with E-state index in [1.54, 1.807) is 7.11 Å². The highest BCUT2D eigenvalue weighted by Crippen LogP contribution is 2.25. The fraction of sp³-hybridized carbons (Fsp3) is 0.571. The lowest BCUT2D eigenvalue weighted by atomic mass is 10.0. The Kier molecular flexibility index (Phi) is 3.83. The quantitative estimate of drug-likeness (QED) is 0.772. The zero-order chi connectivity index (χ0) is 11.4. The van der Waals surface area contributed by atoms with E-state index in [9.17, 15) is 0 Å². The molecule has 1 aliphatic rings. The highest BCUT2D eigenvalue weighted by molar-refractivity contribution is 5.33. The van der Waals surface area contributed by atoms with Gasteiger partial charge in [-0.2, -0.15) is 0 Å². The van der Waals surface area contributed by atoms with Crippen LogP contribution in [-0.2, 0) is 6.42 Å².